The third-order valence-corrected chi connectivity index (χ3v) is 4.24. The second-order valence-corrected chi connectivity index (χ2v) is 5.89. The maximum Gasteiger partial charge on any atom is 0.180 e. The van der Waals surface area contributed by atoms with Gasteiger partial charge in [0, 0.05) is 29.8 Å². The molecule has 0 amide bonds. The number of ether oxygens (including phenoxy) is 1. The van der Waals surface area contributed by atoms with Crippen molar-refractivity contribution in [1.82, 2.24) is 15.2 Å². The van der Waals surface area contributed by atoms with Crippen molar-refractivity contribution in [2.75, 3.05) is 7.11 Å². The average Bonchev–Trinajstić information content (AvgIpc) is 2.96. The number of hydrogen-bond donors (Lipinski definition) is 2. The smallest absolute Gasteiger partial charge is 0.180 e. The first-order valence-electron chi connectivity index (χ1n) is 8.28. The third kappa shape index (κ3) is 3.22. The van der Waals surface area contributed by atoms with Gasteiger partial charge in [0.1, 0.15) is 23.0 Å². The van der Waals surface area contributed by atoms with E-state index in [1.807, 2.05) is 24.3 Å². The van der Waals surface area contributed by atoms with E-state index in [4.69, 9.17) is 9.84 Å². The largest absolute Gasteiger partial charge is 0.497 e. The first kappa shape index (κ1) is 17.0. The molecular weight excluding hydrogens is 349 g/mol. The highest BCUT2D eigenvalue weighted by atomic mass is 19.1. The van der Waals surface area contributed by atoms with Crippen LogP contribution >= 0.6 is 0 Å². The van der Waals surface area contributed by atoms with Crippen molar-refractivity contribution >= 4 is 22.5 Å². The van der Waals surface area contributed by atoms with Crippen LogP contribution in [0, 0.1) is 5.82 Å². The lowest BCUT2D eigenvalue weighted by Gasteiger charge is -2.06. The van der Waals surface area contributed by atoms with E-state index in [0.717, 1.165) is 10.9 Å². The molecule has 8 heteroatoms. The molecule has 0 atom stereocenters. The second kappa shape index (κ2) is 7.08. The molecule has 3 heterocycles. The molecule has 0 unspecified atom stereocenters. The van der Waals surface area contributed by atoms with E-state index in [0.29, 0.717) is 35.0 Å². The molecule has 0 radical (unpaired) electrons. The van der Waals surface area contributed by atoms with Crippen molar-refractivity contribution < 1.29 is 14.2 Å². The number of aliphatic hydroxyl groups is 1. The molecule has 2 aromatic heterocycles. The Labute approximate surface area is 154 Å². The summed E-state index contributed by atoms with van der Waals surface area (Å²) in [7, 11) is 1.60. The molecule has 7 nitrogen and oxygen atoms in total. The minimum atomic E-state index is -0.570. The molecule has 1 aliphatic rings. The number of H-pyrrole nitrogens is 1. The van der Waals surface area contributed by atoms with Crippen molar-refractivity contribution in [3.05, 3.63) is 65.5 Å². The Balaban J connectivity index is 1.79. The zero-order chi connectivity index (χ0) is 18.8. The summed E-state index contributed by atoms with van der Waals surface area (Å²) >= 11 is 0. The number of aliphatic hydroxyl groups excluding tert-OH is 1. The Hall–Kier alpha value is -3.39. The Morgan fingerprint density at radius 3 is 2.96 bits per heavy atom. The molecule has 0 saturated carbocycles. The summed E-state index contributed by atoms with van der Waals surface area (Å²) in [5.41, 5.74) is 2.55. The number of rotatable bonds is 4. The molecule has 0 spiro atoms. The van der Waals surface area contributed by atoms with Crippen molar-refractivity contribution in [2.45, 2.75) is 13.0 Å². The van der Waals surface area contributed by atoms with Crippen molar-refractivity contribution in [1.29, 1.82) is 0 Å². The first-order chi connectivity index (χ1) is 13.2. The lowest BCUT2D eigenvalue weighted by Crippen LogP contribution is -2.08. The number of nitrogens with zero attached hydrogens (tertiary/aromatic N) is 4. The highest BCUT2D eigenvalue weighted by Crippen LogP contribution is 2.24. The van der Waals surface area contributed by atoms with Crippen LogP contribution in [0.25, 0.3) is 10.9 Å². The van der Waals surface area contributed by atoms with Gasteiger partial charge in [0.25, 0.3) is 0 Å². The molecule has 1 aromatic carbocycles. The molecule has 1 aliphatic heterocycles. The Kier molecular flexibility index (Phi) is 4.47. The number of methoxy groups -OCH3 is 1. The van der Waals surface area contributed by atoms with Crippen LogP contribution in [0.4, 0.5) is 4.39 Å². The maximum absolute atomic E-state index is 14.0. The van der Waals surface area contributed by atoms with Crippen LogP contribution in [-0.4, -0.2) is 38.9 Å². The molecule has 2 N–H and O–H groups in total. The molecule has 0 bridgehead atoms. The van der Waals surface area contributed by atoms with Gasteiger partial charge in [0.2, 0.25) is 0 Å². The van der Waals surface area contributed by atoms with Gasteiger partial charge >= 0.3 is 0 Å². The molecule has 27 heavy (non-hydrogen) atoms. The Bertz CT molecular complexity index is 1100. The SMILES string of the molecule is COc1ccc2[nH]nc(C3=NC=CCC(c4cnc(CO)c(F)c4)=N3)c2c1. The van der Waals surface area contributed by atoms with Gasteiger partial charge in [-0.25, -0.2) is 14.4 Å². The average molecular weight is 365 g/mol. The molecule has 136 valence electrons. The lowest BCUT2D eigenvalue weighted by atomic mass is 10.1. The maximum atomic E-state index is 14.0. The van der Waals surface area contributed by atoms with Crippen LogP contribution in [0.1, 0.15) is 23.4 Å². The predicted molar refractivity (Wildman–Crippen MR) is 99.6 cm³/mol. The molecule has 0 aliphatic carbocycles. The van der Waals surface area contributed by atoms with E-state index in [9.17, 15) is 4.39 Å². The fraction of sp³-hybridized carbons (Fsp3) is 0.158. The van der Waals surface area contributed by atoms with E-state index in [-0.39, 0.29) is 5.69 Å². The predicted octanol–water partition coefficient (Wildman–Crippen LogP) is 2.75. The summed E-state index contributed by atoms with van der Waals surface area (Å²) in [6.07, 6.45) is 5.45. The Morgan fingerprint density at radius 1 is 1.30 bits per heavy atom. The minimum Gasteiger partial charge on any atom is -0.497 e. The summed E-state index contributed by atoms with van der Waals surface area (Å²) in [4.78, 5) is 12.9. The number of fused-ring (bicyclic) bond motifs is 1. The van der Waals surface area contributed by atoms with Gasteiger partial charge in [-0.3, -0.25) is 10.1 Å². The van der Waals surface area contributed by atoms with Gasteiger partial charge in [-0.1, -0.05) is 6.08 Å². The zero-order valence-electron chi connectivity index (χ0n) is 14.5. The number of nitrogens with one attached hydrogen (secondary N) is 1. The van der Waals surface area contributed by atoms with E-state index >= 15 is 0 Å². The van der Waals surface area contributed by atoms with Crippen LogP contribution in [0.5, 0.6) is 5.75 Å². The van der Waals surface area contributed by atoms with Crippen LogP contribution in [0.2, 0.25) is 0 Å². The van der Waals surface area contributed by atoms with Gasteiger partial charge in [-0.05, 0) is 24.3 Å². The van der Waals surface area contributed by atoms with E-state index in [1.165, 1.54) is 12.3 Å². The third-order valence-electron chi connectivity index (χ3n) is 4.24. The van der Waals surface area contributed by atoms with Crippen molar-refractivity contribution in [3.8, 4) is 5.75 Å². The number of pyridine rings is 1. The fourth-order valence-electron chi connectivity index (χ4n) is 2.82. The number of hydrogen-bond acceptors (Lipinski definition) is 6. The van der Waals surface area contributed by atoms with Gasteiger partial charge in [0.15, 0.2) is 5.84 Å². The normalized spacial score (nSPS) is 14.0. The van der Waals surface area contributed by atoms with Gasteiger partial charge in [-0.15, -0.1) is 0 Å². The summed E-state index contributed by atoms with van der Waals surface area (Å²) in [5.74, 6) is 0.536. The van der Waals surface area contributed by atoms with Gasteiger partial charge < -0.3 is 9.84 Å². The monoisotopic (exact) mass is 365 g/mol. The summed E-state index contributed by atoms with van der Waals surface area (Å²) in [5, 5.41) is 17.2. The number of aliphatic imine (C=N–C) groups is 2. The number of aromatic amines is 1. The van der Waals surface area contributed by atoms with Gasteiger partial charge in [0.05, 0.1) is 24.9 Å². The van der Waals surface area contributed by atoms with Crippen LogP contribution in [-0.2, 0) is 6.61 Å². The molecule has 3 aromatic rings. The summed E-state index contributed by atoms with van der Waals surface area (Å²) < 4.78 is 19.3. The molecule has 0 fully saturated rings. The number of aromatic nitrogens is 3. The summed E-state index contributed by atoms with van der Waals surface area (Å²) in [6, 6.07) is 6.89. The lowest BCUT2D eigenvalue weighted by molar-refractivity contribution is 0.270. The van der Waals surface area contributed by atoms with E-state index < -0.39 is 12.4 Å². The van der Waals surface area contributed by atoms with Crippen molar-refractivity contribution in [2.24, 2.45) is 9.98 Å². The number of allylic oxidation sites excluding steroid dienone is 1. The molecule has 0 saturated heterocycles. The van der Waals surface area contributed by atoms with E-state index in [2.05, 4.69) is 25.2 Å². The second-order valence-electron chi connectivity index (χ2n) is 5.89. The molecular formula is C19H16FN5O2. The highest BCUT2D eigenvalue weighted by molar-refractivity contribution is 6.16. The standard InChI is InChI=1S/C19H16FN5O2/c1-27-12-4-5-16-13(8-12)18(25-24-16)19-21-6-2-3-15(23-19)11-7-14(20)17(10-26)22-9-11/h2,4-9,26H,3,10H2,1H3,(H,24,25). The van der Waals surface area contributed by atoms with Crippen LogP contribution < -0.4 is 4.74 Å². The molecule has 4 rings (SSSR count). The fourth-order valence-corrected chi connectivity index (χ4v) is 2.82. The number of amidine groups is 1. The van der Waals surface area contributed by atoms with Crippen LogP contribution in [0.15, 0.2) is 52.7 Å². The van der Waals surface area contributed by atoms with Crippen molar-refractivity contribution in [3.63, 3.8) is 0 Å². The van der Waals surface area contributed by atoms with Gasteiger partial charge in [-0.2, -0.15) is 5.10 Å². The first-order valence-corrected chi connectivity index (χ1v) is 8.28. The Morgan fingerprint density at radius 2 is 2.19 bits per heavy atom. The highest BCUT2D eigenvalue weighted by Gasteiger charge is 2.16. The minimum absolute atomic E-state index is 0.00259. The quantitative estimate of drug-likeness (QED) is 0.743. The summed E-state index contributed by atoms with van der Waals surface area (Å²) in [6.45, 7) is -0.452. The zero-order valence-corrected chi connectivity index (χ0v) is 14.5. The van der Waals surface area contributed by atoms with E-state index in [1.54, 1.807) is 13.3 Å². The number of halogens is 1. The van der Waals surface area contributed by atoms with Crippen LogP contribution in [0.3, 0.4) is 0 Å². The number of benzene rings is 1. The topological polar surface area (TPSA) is 95.8 Å².